The Hall–Kier alpha value is -2.08. The van der Waals surface area contributed by atoms with Crippen molar-refractivity contribution in [2.24, 2.45) is 5.92 Å². The number of carboxylic acid groups (broad SMARTS) is 1. The molecule has 2 rings (SSSR count). The van der Waals surface area contributed by atoms with Crippen LogP contribution in [0.3, 0.4) is 0 Å². The highest BCUT2D eigenvalue weighted by Gasteiger charge is 2.41. The van der Waals surface area contributed by atoms with Crippen LogP contribution in [0.15, 0.2) is 24.3 Å². The number of hydrogen-bond acceptors (Lipinski definition) is 4. The molecule has 23 heavy (non-hydrogen) atoms. The Morgan fingerprint density at radius 1 is 1.35 bits per heavy atom. The molecule has 0 unspecified atom stereocenters. The second kappa shape index (κ2) is 7.46. The summed E-state index contributed by atoms with van der Waals surface area (Å²) in [5.74, 6) is -0.263. The van der Waals surface area contributed by atoms with Gasteiger partial charge in [0.15, 0.2) is 6.61 Å². The molecule has 0 bridgehead atoms. The summed E-state index contributed by atoms with van der Waals surface area (Å²) in [6.45, 7) is 1.74. The molecule has 6 nitrogen and oxygen atoms in total. The Morgan fingerprint density at radius 3 is 2.61 bits per heavy atom. The first-order chi connectivity index (χ1) is 10.9. The highest BCUT2D eigenvalue weighted by atomic mass is 16.5. The number of benzene rings is 1. The van der Waals surface area contributed by atoms with Gasteiger partial charge in [0.05, 0.1) is 0 Å². The van der Waals surface area contributed by atoms with Crippen molar-refractivity contribution >= 4 is 17.6 Å². The quantitative estimate of drug-likeness (QED) is 0.841. The maximum Gasteiger partial charge on any atom is 0.341 e. The molecule has 1 aromatic rings. The van der Waals surface area contributed by atoms with Gasteiger partial charge in [-0.25, -0.2) is 4.79 Å². The third-order valence-corrected chi connectivity index (χ3v) is 4.23. The van der Waals surface area contributed by atoms with E-state index < -0.39 is 18.2 Å². The Kier molecular flexibility index (Phi) is 5.60. The molecular weight excluding hydrogens is 298 g/mol. The molecule has 0 saturated heterocycles. The van der Waals surface area contributed by atoms with E-state index >= 15 is 0 Å². The molecule has 2 atom stereocenters. The average Bonchev–Trinajstić information content (AvgIpc) is 2.54. The van der Waals surface area contributed by atoms with Crippen LogP contribution in [-0.4, -0.2) is 36.3 Å². The first-order valence-electron chi connectivity index (χ1n) is 7.76. The van der Waals surface area contributed by atoms with Crippen LogP contribution in [-0.2, 0) is 14.3 Å². The normalized spacial score (nSPS) is 24.0. The van der Waals surface area contributed by atoms with Gasteiger partial charge in [0.1, 0.15) is 11.4 Å². The minimum Gasteiger partial charge on any atom is -0.482 e. The molecule has 0 aromatic heterocycles. The summed E-state index contributed by atoms with van der Waals surface area (Å²) in [4.78, 5) is 23.1. The van der Waals surface area contributed by atoms with E-state index in [-0.39, 0.29) is 5.91 Å². The van der Waals surface area contributed by atoms with Gasteiger partial charge in [-0.05, 0) is 49.4 Å². The molecule has 1 fully saturated rings. The summed E-state index contributed by atoms with van der Waals surface area (Å²) in [5, 5.41) is 11.5. The number of nitrogens with one attached hydrogen (secondary N) is 1. The van der Waals surface area contributed by atoms with Crippen molar-refractivity contribution in [2.75, 3.05) is 19.0 Å². The van der Waals surface area contributed by atoms with Gasteiger partial charge in [-0.1, -0.05) is 13.3 Å². The van der Waals surface area contributed by atoms with Crippen molar-refractivity contribution in [2.45, 2.75) is 38.2 Å². The van der Waals surface area contributed by atoms with Crippen LogP contribution in [0.2, 0.25) is 0 Å². The number of carbonyl (C=O) groups excluding carboxylic acids is 1. The fourth-order valence-corrected chi connectivity index (χ4v) is 3.01. The maximum absolute atomic E-state index is 12.6. The van der Waals surface area contributed by atoms with E-state index in [1.807, 2.05) is 0 Å². The fourth-order valence-electron chi connectivity index (χ4n) is 3.01. The fraction of sp³-hybridized carbons (Fsp3) is 0.529. The number of anilines is 1. The first kappa shape index (κ1) is 17.3. The van der Waals surface area contributed by atoms with E-state index in [1.165, 1.54) is 0 Å². The Morgan fingerprint density at radius 2 is 2.04 bits per heavy atom. The standard InChI is InChI=1S/C17H23NO5/c1-12-4-3-9-17(10-12,22-2)16(21)18-13-5-7-14(8-6-13)23-11-15(19)20/h5-8,12H,3-4,9-11H2,1-2H3,(H,18,21)(H,19,20)/t12-,17-/m0/s1. The number of carbonyl (C=O) groups is 2. The van der Waals surface area contributed by atoms with Gasteiger partial charge in [-0.2, -0.15) is 0 Å². The van der Waals surface area contributed by atoms with Gasteiger partial charge < -0.3 is 19.9 Å². The second-order valence-electron chi connectivity index (χ2n) is 6.06. The summed E-state index contributed by atoms with van der Waals surface area (Å²) < 4.78 is 10.6. The third kappa shape index (κ3) is 4.45. The van der Waals surface area contributed by atoms with Crippen molar-refractivity contribution in [1.29, 1.82) is 0 Å². The smallest absolute Gasteiger partial charge is 0.341 e. The van der Waals surface area contributed by atoms with E-state index in [2.05, 4.69) is 12.2 Å². The molecule has 126 valence electrons. The number of carboxylic acids is 1. The van der Waals surface area contributed by atoms with Crippen LogP contribution in [0.4, 0.5) is 5.69 Å². The van der Waals surface area contributed by atoms with Gasteiger partial charge in [-0.15, -0.1) is 0 Å². The third-order valence-electron chi connectivity index (χ3n) is 4.23. The van der Waals surface area contributed by atoms with E-state index in [4.69, 9.17) is 14.6 Å². The minimum absolute atomic E-state index is 0.134. The summed E-state index contributed by atoms with van der Waals surface area (Å²) in [5.41, 5.74) is -0.136. The summed E-state index contributed by atoms with van der Waals surface area (Å²) in [6.07, 6.45) is 3.53. The molecule has 0 aliphatic heterocycles. The number of methoxy groups -OCH3 is 1. The Bertz CT molecular complexity index is 557. The topological polar surface area (TPSA) is 84.9 Å². The number of rotatable bonds is 6. The second-order valence-corrected chi connectivity index (χ2v) is 6.06. The Balaban J connectivity index is 2.00. The van der Waals surface area contributed by atoms with Gasteiger partial charge in [0.2, 0.25) is 0 Å². The lowest BCUT2D eigenvalue weighted by Gasteiger charge is -2.37. The van der Waals surface area contributed by atoms with Crippen molar-refractivity contribution in [3.8, 4) is 5.75 Å². The number of aliphatic carboxylic acids is 1. The van der Waals surface area contributed by atoms with E-state index in [0.717, 1.165) is 25.7 Å². The predicted molar refractivity (Wildman–Crippen MR) is 85.6 cm³/mol. The van der Waals surface area contributed by atoms with E-state index in [9.17, 15) is 9.59 Å². The summed E-state index contributed by atoms with van der Waals surface area (Å²) >= 11 is 0. The average molecular weight is 321 g/mol. The zero-order chi connectivity index (χ0) is 16.9. The van der Waals surface area contributed by atoms with E-state index in [0.29, 0.717) is 17.4 Å². The molecular formula is C17H23NO5. The van der Waals surface area contributed by atoms with Crippen LogP contribution < -0.4 is 10.1 Å². The van der Waals surface area contributed by atoms with Crippen molar-refractivity contribution in [3.63, 3.8) is 0 Å². The minimum atomic E-state index is -1.03. The first-order valence-corrected chi connectivity index (χ1v) is 7.76. The van der Waals surface area contributed by atoms with Crippen LogP contribution in [0.1, 0.15) is 32.6 Å². The van der Waals surface area contributed by atoms with Gasteiger partial charge >= 0.3 is 5.97 Å². The van der Waals surface area contributed by atoms with Crippen LogP contribution in [0.25, 0.3) is 0 Å². The zero-order valence-corrected chi connectivity index (χ0v) is 13.5. The molecule has 6 heteroatoms. The van der Waals surface area contributed by atoms with Gasteiger partial charge in [0, 0.05) is 12.8 Å². The molecule has 1 aromatic carbocycles. The highest BCUT2D eigenvalue weighted by molar-refractivity contribution is 5.97. The molecule has 1 aliphatic rings. The summed E-state index contributed by atoms with van der Waals surface area (Å²) in [7, 11) is 1.58. The molecule has 1 aliphatic carbocycles. The van der Waals surface area contributed by atoms with Crippen LogP contribution in [0, 0.1) is 5.92 Å². The highest BCUT2D eigenvalue weighted by Crippen LogP contribution is 2.35. The predicted octanol–water partition coefficient (Wildman–Crippen LogP) is 2.68. The van der Waals surface area contributed by atoms with Crippen LogP contribution in [0.5, 0.6) is 5.75 Å². The van der Waals surface area contributed by atoms with Crippen LogP contribution >= 0.6 is 0 Å². The maximum atomic E-state index is 12.6. The van der Waals surface area contributed by atoms with Crippen molar-refractivity contribution in [3.05, 3.63) is 24.3 Å². The number of amides is 1. The molecule has 0 spiro atoms. The van der Waals surface area contributed by atoms with Gasteiger partial charge in [-0.3, -0.25) is 4.79 Å². The lowest BCUT2D eigenvalue weighted by atomic mass is 9.78. The molecule has 1 saturated carbocycles. The lowest BCUT2D eigenvalue weighted by Crippen LogP contribution is -2.47. The van der Waals surface area contributed by atoms with Gasteiger partial charge in [0.25, 0.3) is 5.91 Å². The Labute approximate surface area is 135 Å². The largest absolute Gasteiger partial charge is 0.482 e. The molecule has 0 radical (unpaired) electrons. The number of ether oxygens (including phenoxy) is 2. The SMILES string of the molecule is CO[C@@]1(C(=O)Nc2ccc(OCC(=O)O)cc2)CCC[C@H](C)C1. The monoisotopic (exact) mass is 321 g/mol. The van der Waals surface area contributed by atoms with Crippen molar-refractivity contribution < 1.29 is 24.2 Å². The summed E-state index contributed by atoms with van der Waals surface area (Å²) in [6, 6.07) is 6.62. The van der Waals surface area contributed by atoms with Crippen molar-refractivity contribution in [1.82, 2.24) is 0 Å². The molecule has 2 N–H and O–H groups in total. The molecule has 0 heterocycles. The van der Waals surface area contributed by atoms with E-state index in [1.54, 1.807) is 31.4 Å². The lowest BCUT2D eigenvalue weighted by molar-refractivity contribution is -0.143. The zero-order valence-electron chi connectivity index (χ0n) is 13.5. The number of hydrogen-bond donors (Lipinski definition) is 2. The molecule has 1 amide bonds.